The average Bonchev–Trinajstić information content (AvgIpc) is 0.816. The van der Waals surface area contributed by atoms with Gasteiger partial charge in [-0.25, -0.2) is 0 Å². The number of rotatable bonds is 12. The van der Waals surface area contributed by atoms with Crippen molar-refractivity contribution < 1.29 is 9.47 Å². The van der Waals surface area contributed by atoms with Crippen LogP contribution in [0.25, 0.3) is 0 Å². The van der Waals surface area contributed by atoms with E-state index >= 15 is 0 Å². The second-order valence-electron chi connectivity index (χ2n) is 24.7. The van der Waals surface area contributed by atoms with E-state index < -0.39 is 0 Å². The van der Waals surface area contributed by atoms with Gasteiger partial charge in [-0.05, 0) is 151 Å². The highest BCUT2D eigenvalue weighted by Gasteiger charge is 2.47. The van der Waals surface area contributed by atoms with E-state index in [1.165, 1.54) is 33.2 Å². The first-order chi connectivity index (χ1) is 42.0. The SMILES string of the molecule is CC(C)c1ccccc1N(c1cc2c3c(c1)N(c1ccccc1)c1ccccc1B3c1cc3c(cc1O2)Oc1cc(N(c2ccccc2C(C)C)c2ccccc2C(C)C)cc2c1B3c1ccccc1N2c1ccccc1)c1ccccc1C(C)C. The minimum Gasteiger partial charge on any atom is -0.458 e. The van der Waals surface area contributed by atoms with Crippen LogP contribution in [0.4, 0.5) is 68.2 Å². The van der Waals surface area contributed by atoms with Crippen LogP contribution in [0.15, 0.2) is 243 Å². The second-order valence-corrected chi connectivity index (χ2v) is 24.7. The summed E-state index contributed by atoms with van der Waals surface area (Å²) in [5.74, 6) is 4.31. The number of benzene rings is 11. The van der Waals surface area contributed by atoms with Crippen molar-refractivity contribution in [3.05, 3.63) is 265 Å². The Morgan fingerprint density at radius 3 is 0.953 bits per heavy atom. The maximum Gasteiger partial charge on any atom is 0.256 e. The van der Waals surface area contributed by atoms with Crippen LogP contribution in [-0.2, 0) is 0 Å². The van der Waals surface area contributed by atoms with E-state index in [9.17, 15) is 0 Å². The predicted molar refractivity (Wildman–Crippen MR) is 364 cm³/mol. The van der Waals surface area contributed by atoms with Gasteiger partial charge in [0.2, 0.25) is 0 Å². The number of fused-ring (bicyclic) bond motifs is 8. The molecule has 0 amide bonds. The van der Waals surface area contributed by atoms with Gasteiger partial charge in [-0.2, -0.15) is 0 Å². The molecule has 0 aliphatic carbocycles. The lowest BCUT2D eigenvalue weighted by Crippen LogP contribution is -2.63. The van der Waals surface area contributed by atoms with Crippen LogP contribution < -0.4 is 61.9 Å². The summed E-state index contributed by atoms with van der Waals surface area (Å²) in [6, 6.07) is 89.5. The van der Waals surface area contributed by atoms with Crippen molar-refractivity contribution in [1.82, 2.24) is 0 Å². The smallest absolute Gasteiger partial charge is 0.256 e. The summed E-state index contributed by atoms with van der Waals surface area (Å²) in [6.45, 7) is 18.0. The number of hydrogen-bond acceptors (Lipinski definition) is 6. The van der Waals surface area contributed by atoms with Gasteiger partial charge in [0.05, 0.1) is 11.4 Å². The molecule has 6 nitrogen and oxygen atoms in total. The molecule has 0 spiro atoms. The van der Waals surface area contributed by atoms with E-state index in [1.807, 2.05) is 0 Å². The summed E-state index contributed by atoms with van der Waals surface area (Å²) in [6.07, 6.45) is 0. The molecule has 0 saturated carbocycles. The third kappa shape index (κ3) is 8.55. The highest BCUT2D eigenvalue weighted by molar-refractivity contribution is 7.02. The molecule has 0 fully saturated rings. The van der Waals surface area contributed by atoms with Crippen LogP contribution in [-0.4, -0.2) is 13.4 Å². The zero-order valence-corrected chi connectivity index (χ0v) is 50.2. The van der Waals surface area contributed by atoms with E-state index in [2.05, 4.69) is 318 Å². The van der Waals surface area contributed by atoms with E-state index in [-0.39, 0.29) is 37.1 Å². The van der Waals surface area contributed by atoms with Gasteiger partial charge in [0.25, 0.3) is 13.4 Å². The molecule has 4 aliphatic heterocycles. The molecule has 11 aromatic carbocycles. The molecule has 0 aromatic heterocycles. The molecule has 11 aromatic rings. The van der Waals surface area contributed by atoms with E-state index in [1.54, 1.807) is 0 Å². The molecule has 0 atom stereocenters. The Balaban J connectivity index is 0.983. The van der Waals surface area contributed by atoms with Gasteiger partial charge in [-0.1, -0.05) is 207 Å². The summed E-state index contributed by atoms with van der Waals surface area (Å²) >= 11 is 0. The lowest BCUT2D eigenvalue weighted by atomic mass is 9.31. The van der Waals surface area contributed by atoms with Crippen LogP contribution in [0.5, 0.6) is 23.0 Å². The zero-order chi connectivity index (χ0) is 58.5. The second kappa shape index (κ2) is 21.1. The first-order valence-corrected chi connectivity index (χ1v) is 30.8. The summed E-state index contributed by atoms with van der Waals surface area (Å²) in [7, 11) is 0. The molecular formula is C78H68B2N4O2. The van der Waals surface area contributed by atoms with Gasteiger partial charge in [0, 0.05) is 75.1 Å². The zero-order valence-electron chi connectivity index (χ0n) is 50.2. The molecule has 15 rings (SSSR count). The third-order valence-electron chi connectivity index (χ3n) is 18.2. The number of ether oxygens (including phenoxy) is 2. The van der Waals surface area contributed by atoms with Gasteiger partial charge < -0.3 is 29.1 Å². The lowest BCUT2D eigenvalue weighted by molar-refractivity contribution is 0.466. The highest BCUT2D eigenvalue weighted by atomic mass is 16.5. The molecule has 4 heterocycles. The van der Waals surface area contributed by atoms with Crippen molar-refractivity contribution in [1.29, 1.82) is 0 Å². The highest BCUT2D eigenvalue weighted by Crippen LogP contribution is 2.51. The van der Waals surface area contributed by atoms with Gasteiger partial charge in [0.15, 0.2) is 0 Å². The Morgan fingerprint density at radius 2 is 0.605 bits per heavy atom. The van der Waals surface area contributed by atoms with Crippen LogP contribution in [0.2, 0.25) is 0 Å². The van der Waals surface area contributed by atoms with Crippen LogP contribution in [0.1, 0.15) is 101 Å². The molecule has 0 unspecified atom stereocenters. The Hall–Kier alpha value is -9.65. The molecule has 86 heavy (non-hydrogen) atoms. The molecule has 0 N–H and O–H groups in total. The normalized spacial score (nSPS) is 13.2. The largest absolute Gasteiger partial charge is 0.458 e. The summed E-state index contributed by atoms with van der Waals surface area (Å²) in [4.78, 5) is 9.90. The first-order valence-electron chi connectivity index (χ1n) is 30.8. The van der Waals surface area contributed by atoms with Crippen LogP contribution in [0, 0.1) is 0 Å². The van der Waals surface area contributed by atoms with Gasteiger partial charge in [0.1, 0.15) is 23.0 Å². The minimum atomic E-state index is -0.169. The van der Waals surface area contributed by atoms with Gasteiger partial charge >= 0.3 is 0 Å². The summed E-state index contributed by atoms with van der Waals surface area (Å²) in [5, 5.41) is 0. The monoisotopic (exact) mass is 1110 g/mol. The lowest BCUT2D eigenvalue weighted by Gasteiger charge is -2.43. The van der Waals surface area contributed by atoms with Crippen LogP contribution >= 0.6 is 0 Å². The average molecular weight is 1120 g/mol. The maximum atomic E-state index is 7.65. The van der Waals surface area contributed by atoms with Crippen molar-refractivity contribution in [3.63, 3.8) is 0 Å². The van der Waals surface area contributed by atoms with Crippen LogP contribution in [0.3, 0.4) is 0 Å². The first kappa shape index (κ1) is 53.1. The molecule has 8 heteroatoms. The van der Waals surface area contributed by atoms with Crippen molar-refractivity contribution in [3.8, 4) is 23.0 Å². The van der Waals surface area contributed by atoms with Crippen molar-refractivity contribution in [2.75, 3.05) is 19.6 Å². The quantitative estimate of drug-likeness (QED) is 0.113. The number of anilines is 12. The Morgan fingerprint density at radius 1 is 0.291 bits per heavy atom. The third-order valence-corrected chi connectivity index (χ3v) is 18.2. The number of hydrogen-bond donors (Lipinski definition) is 0. The van der Waals surface area contributed by atoms with Gasteiger partial charge in [-0.3, -0.25) is 0 Å². The van der Waals surface area contributed by atoms with E-state index in [0.29, 0.717) is 0 Å². The fourth-order valence-electron chi connectivity index (χ4n) is 14.4. The molecule has 0 radical (unpaired) electrons. The molecule has 418 valence electrons. The number of nitrogens with zero attached hydrogens (tertiary/aromatic N) is 4. The maximum absolute atomic E-state index is 7.65. The standard InChI is InChI=1S/C78H68B2N4O2/c1-49(2)57-31-15-21-37-65(57)83(66-38-22-16-32-58(66)50(3)4)55-43-71-77-75(45-55)85-73-48-74-64(47-63(73)79(77)61-35-19-25-41-69(61)81(71)53-27-11-9-12-28-53)80-62-36-20-26-42-70(62)82(54-29-13-10-14-30-54)72-44-56(46-76(86-74)78(72)80)84(67-39-23-17-33-59(67)51(5)6)68-40-24-18-34-60(68)52(7)8/h9-52H,1-8H3. The molecular weight excluding hydrogens is 1050 g/mol. The Labute approximate surface area is 507 Å². The topological polar surface area (TPSA) is 31.4 Å². The Bertz CT molecular complexity index is 4060. The fraction of sp³-hybridized carbons (Fsp3) is 0.154. The molecule has 4 aliphatic rings. The van der Waals surface area contributed by atoms with Crippen molar-refractivity contribution >= 4 is 114 Å². The van der Waals surface area contributed by atoms with Crippen molar-refractivity contribution in [2.24, 2.45) is 0 Å². The molecule has 0 bridgehead atoms. The predicted octanol–water partition coefficient (Wildman–Crippen LogP) is 17.9. The minimum absolute atomic E-state index is 0.169. The Kier molecular flexibility index (Phi) is 13.1. The summed E-state index contributed by atoms with van der Waals surface area (Å²) < 4.78 is 15.3. The van der Waals surface area contributed by atoms with Crippen molar-refractivity contribution in [2.45, 2.75) is 79.1 Å². The van der Waals surface area contributed by atoms with Gasteiger partial charge in [-0.15, -0.1) is 0 Å². The van der Waals surface area contributed by atoms with E-state index in [4.69, 9.17) is 9.47 Å². The fourth-order valence-corrected chi connectivity index (χ4v) is 14.4. The number of para-hydroxylation sites is 8. The summed E-state index contributed by atoms with van der Waals surface area (Å²) in [5.41, 5.74) is 25.3. The van der Waals surface area contributed by atoms with E-state index in [0.717, 1.165) is 113 Å². The molecule has 0 saturated heterocycles.